The SMILES string of the molecule is COc1ccccc1-c1nn(-c2ccc(C#N)cc2)c2c1CCCCN2. The van der Waals surface area contributed by atoms with Gasteiger partial charge in [-0.15, -0.1) is 0 Å². The summed E-state index contributed by atoms with van der Waals surface area (Å²) in [6.45, 7) is 0.931. The molecule has 0 saturated heterocycles. The van der Waals surface area contributed by atoms with Crippen molar-refractivity contribution in [3.05, 3.63) is 59.7 Å². The van der Waals surface area contributed by atoms with Crippen LogP contribution in [0.5, 0.6) is 5.75 Å². The monoisotopic (exact) mass is 344 g/mol. The van der Waals surface area contributed by atoms with Gasteiger partial charge in [0.05, 0.1) is 24.4 Å². The fourth-order valence-electron chi connectivity index (χ4n) is 3.42. The quantitative estimate of drug-likeness (QED) is 0.775. The molecule has 0 unspecified atom stereocenters. The summed E-state index contributed by atoms with van der Waals surface area (Å²) in [4.78, 5) is 0. The van der Waals surface area contributed by atoms with Crippen LogP contribution in [0.25, 0.3) is 16.9 Å². The molecule has 5 heteroatoms. The molecule has 1 aromatic heterocycles. The zero-order valence-electron chi connectivity index (χ0n) is 14.7. The van der Waals surface area contributed by atoms with Crippen molar-refractivity contribution in [1.29, 1.82) is 5.26 Å². The lowest BCUT2D eigenvalue weighted by Crippen LogP contribution is -2.07. The summed E-state index contributed by atoms with van der Waals surface area (Å²) in [6, 6.07) is 17.7. The number of ether oxygens (including phenoxy) is 1. The summed E-state index contributed by atoms with van der Waals surface area (Å²) in [6.07, 6.45) is 3.24. The van der Waals surface area contributed by atoms with Gasteiger partial charge in [0, 0.05) is 17.7 Å². The lowest BCUT2D eigenvalue weighted by Gasteiger charge is -2.09. The molecule has 0 fully saturated rings. The van der Waals surface area contributed by atoms with Crippen molar-refractivity contribution in [1.82, 2.24) is 9.78 Å². The molecule has 5 nitrogen and oxygen atoms in total. The summed E-state index contributed by atoms with van der Waals surface area (Å²) < 4.78 is 7.51. The summed E-state index contributed by atoms with van der Waals surface area (Å²) in [5.74, 6) is 1.86. The number of aromatic nitrogens is 2. The molecule has 2 heterocycles. The Morgan fingerprint density at radius 3 is 2.69 bits per heavy atom. The highest BCUT2D eigenvalue weighted by molar-refractivity contribution is 5.75. The van der Waals surface area contributed by atoms with Gasteiger partial charge in [0.1, 0.15) is 17.3 Å². The third-order valence-corrected chi connectivity index (χ3v) is 4.73. The van der Waals surface area contributed by atoms with Crippen LogP contribution in [-0.2, 0) is 6.42 Å². The highest BCUT2D eigenvalue weighted by atomic mass is 16.5. The molecule has 0 aliphatic carbocycles. The number of methoxy groups -OCH3 is 1. The number of benzene rings is 2. The molecular weight excluding hydrogens is 324 g/mol. The molecule has 3 aromatic rings. The van der Waals surface area contributed by atoms with Gasteiger partial charge in [-0.2, -0.15) is 10.4 Å². The van der Waals surface area contributed by atoms with Crippen molar-refractivity contribution in [3.8, 4) is 28.8 Å². The van der Waals surface area contributed by atoms with E-state index < -0.39 is 0 Å². The first-order valence-corrected chi connectivity index (χ1v) is 8.81. The minimum atomic E-state index is 0.643. The molecule has 1 N–H and O–H groups in total. The van der Waals surface area contributed by atoms with E-state index in [0.29, 0.717) is 5.56 Å². The largest absolute Gasteiger partial charge is 0.496 e. The average molecular weight is 344 g/mol. The van der Waals surface area contributed by atoms with E-state index in [4.69, 9.17) is 15.1 Å². The zero-order valence-corrected chi connectivity index (χ0v) is 14.7. The highest BCUT2D eigenvalue weighted by Crippen LogP contribution is 2.37. The molecule has 130 valence electrons. The number of para-hydroxylation sites is 1. The number of rotatable bonds is 3. The summed E-state index contributed by atoms with van der Waals surface area (Å²) >= 11 is 0. The van der Waals surface area contributed by atoms with Crippen molar-refractivity contribution in [2.75, 3.05) is 19.0 Å². The molecule has 1 aliphatic rings. The Balaban J connectivity index is 1.90. The number of hydrogen-bond donors (Lipinski definition) is 1. The van der Waals surface area contributed by atoms with Crippen molar-refractivity contribution in [2.24, 2.45) is 0 Å². The highest BCUT2D eigenvalue weighted by Gasteiger charge is 2.23. The van der Waals surface area contributed by atoms with Gasteiger partial charge in [-0.05, 0) is 55.7 Å². The molecule has 0 radical (unpaired) electrons. The lowest BCUT2D eigenvalue weighted by atomic mass is 10.0. The number of hydrogen-bond acceptors (Lipinski definition) is 4. The number of nitriles is 1. The van der Waals surface area contributed by atoms with Gasteiger partial charge in [0.2, 0.25) is 0 Å². The maximum atomic E-state index is 9.04. The second-order valence-corrected chi connectivity index (χ2v) is 6.33. The topological polar surface area (TPSA) is 62.9 Å². The predicted octanol–water partition coefficient (Wildman–Crippen LogP) is 4.17. The zero-order chi connectivity index (χ0) is 17.9. The fraction of sp³-hybridized carbons (Fsp3) is 0.238. The third-order valence-electron chi connectivity index (χ3n) is 4.73. The van der Waals surface area contributed by atoms with E-state index in [9.17, 15) is 0 Å². The van der Waals surface area contributed by atoms with Crippen molar-refractivity contribution >= 4 is 5.82 Å². The molecule has 0 atom stereocenters. The third kappa shape index (κ3) is 2.80. The molecule has 0 bridgehead atoms. The first kappa shape index (κ1) is 16.2. The molecule has 0 spiro atoms. The van der Waals surface area contributed by atoms with Crippen LogP contribution in [0, 0.1) is 11.3 Å². The second-order valence-electron chi connectivity index (χ2n) is 6.33. The summed E-state index contributed by atoms with van der Waals surface area (Å²) in [5, 5.41) is 17.5. The van der Waals surface area contributed by atoms with Gasteiger partial charge in [0.15, 0.2) is 0 Å². The molecule has 2 aromatic carbocycles. The Morgan fingerprint density at radius 1 is 1.12 bits per heavy atom. The Hall–Kier alpha value is -3.26. The lowest BCUT2D eigenvalue weighted by molar-refractivity contribution is 0.416. The Morgan fingerprint density at radius 2 is 1.92 bits per heavy atom. The fourth-order valence-corrected chi connectivity index (χ4v) is 3.42. The van der Waals surface area contributed by atoms with Crippen LogP contribution in [0.3, 0.4) is 0 Å². The molecular formula is C21H20N4O. The van der Waals surface area contributed by atoms with Crippen LogP contribution in [0.2, 0.25) is 0 Å². The number of anilines is 1. The van der Waals surface area contributed by atoms with Gasteiger partial charge in [0.25, 0.3) is 0 Å². The van der Waals surface area contributed by atoms with Crippen LogP contribution in [0.15, 0.2) is 48.5 Å². The van der Waals surface area contributed by atoms with Crippen molar-refractivity contribution in [3.63, 3.8) is 0 Å². The van der Waals surface area contributed by atoms with Crippen molar-refractivity contribution in [2.45, 2.75) is 19.3 Å². The molecule has 0 amide bonds. The molecule has 4 rings (SSSR count). The normalized spacial score (nSPS) is 13.2. The average Bonchev–Trinajstić information content (AvgIpc) is 2.88. The first-order chi connectivity index (χ1) is 12.8. The Bertz CT molecular complexity index is 967. The standard InChI is InChI=1S/C21H20N4O/c1-26-19-8-3-2-6-17(19)20-18-7-4-5-13-23-21(18)25(24-20)16-11-9-15(14-22)10-12-16/h2-3,6,8-12,23H,4-5,7,13H2,1H3. The van der Waals surface area contributed by atoms with E-state index in [2.05, 4.69) is 17.5 Å². The van der Waals surface area contributed by atoms with E-state index in [1.54, 1.807) is 7.11 Å². The van der Waals surface area contributed by atoms with E-state index in [0.717, 1.165) is 54.3 Å². The Labute approximate surface area is 152 Å². The molecule has 26 heavy (non-hydrogen) atoms. The van der Waals surface area contributed by atoms with Gasteiger partial charge in [-0.25, -0.2) is 4.68 Å². The Kier molecular flexibility index (Phi) is 4.32. The van der Waals surface area contributed by atoms with Crippen LogP contribution < -0.4 is 10.1 Å². The molecule has 1 aliphatic heterocycles. The van der Waals surface area contributed by atoms with Gasteiger partial charge in [-0.1, -0.05) is 12.1 Å². The minimum Gasteiger partial charge on any atom is -0.496 e. The van der Waals surface area contributed by atoms with E-state index in [-0.39, 0.29) is 0 Å². The van der Waals surface area contributed by atoms with Crippen LogP contribution in [0.4, 0.5) is 5.82 Å². The smallest absolute Gasteiger partial charge is 0.133 e. The van der Waals surface area contributed by atoms with E-state index in [1.807, 2.05) is 47.1 Å². The van der Waals surface area contributed by atoms with Gasteiger partial charge >= 0.3 is 0 Å². The maximum Gasteiger partial charge on any atom is 0.133 e. The summed E-state index contributed by atoms with van der Waals surface area (Å²) in [7, 11) is 1.69. The summed E-state index contributed by atoms with van der Waals surface area (Å²) in [5.41, 5.74) is 4.76. The predicted molar refractivity (Wildman–Crippen MR) is 102 cm³/mol. The number of fused-ring (bicyclic) bond motifs is 1. The maximum absolute atomic E-state index is 9.04. The first-order valence-electron chi connectivity index (χ1n) is 8.81. The number of nitrogens with one attached hydrogen (secondary N) is 1. The van der Waals surface area contributed by atoms with Gasteiger partial charge in [-0.3, -0.25) is 0 Å². The van der Waals surface area contributed by atoms with Crippen LogP contribution >= 0.6 is 0 Å². The second kappa shape index (κ2) is 6.93. The van der Waals surface area contributed by atoms with Crippen molar-refractivity contribution < 1.29 is 4.74 Å². The van der Waals surface area contributed by atoms with Crippen LogP contribution in [0.1, 0.15) is 24.0 Å². The molecule has 0 saturated carbocycles. The van der Waals surface area contributed by atoms with Gasteiger partial charge < -0.3 is 10.1 Å². The van der Waals surface area contributed by atoms with E-state index in [1.165, 1.54) is 5.56 Å². The van der Waals surface area contributed by atoms with E-state index >= 15 is 0 Å². The number of nitrogens with zero attached hydrogens (tertiary/aromatic N) is 3. The van der Waals surface area contributed by atoms with Crippen LogP contribution in [-0.4, -0.2) is 23.4 Å². The minimum absolute atomic E-state index is 0.643.